The molecule has 26 heavy (non-hydrogen) atoms. The van der Waals surface area contributed by atoms with Crippen LogP contribution >= 0.6 is 0 Å². The van der Waals surface area contributed by atoms with Gasteiger partial charge in [0.15, 0.2) is 0 Å². The van der Waals surface area contributed by atoms with Gasteiger partial charge in [0.2, 0.25) is 15.9 Å². The number of hydrogen-bond donors (Lipinski definition) is 1. The third kappa shape index (κ3) is 4.98. The monoisotopic (exact) mass is 379 g/mol. The summed E-state index contributed by atoms with van der Waals surface area (Å²) in [6, 6.07) is 8.37. The Bertz CT molecular complexity index is 712. The Labute approximate surface area is 156 Å². The molecule has 2 fully saturated rings. The van der Waals surface area contributed by atoms with E-state index < -0.39 is 10.0 Å². The number of piperidine rings is 2. The van der Waals surface area contributed by atoms with Gasteiger partial charge < -0.3 is 10.2 Å². The molecule has 1 aromatic rings. The van der Waals surface area contributed by atoms with Gasteiger partial charge >= 0.3 is 0 Å². The summed E-state index contributed by atoms with van der Waals surface area (Å²) in [6.45, 7) is 3.52. The van der Waals surface area contributed by atoms with Crippen molar-refractivity contribution in [2.75, 3.05) is 37.3 Å². The first kappa shape index (κ1) is 19.2. The highest BCUT2D eigenvalue weighted by Gasteiger charge is 2.29. The van der Waals surface area contributed by atoms with Crippen LogP contribution in [0.15, 0.2) is 24.3 Å². The van der Waals surface area contributed by atoms with E-state index in [1.165, 1.54) is 35.5 Å². The number of nitrogens with one attached hydrogen (secondary N) is 1. The molecule has 1 N–H and O–H groups in total. The van der Waals surface area contributed by atoms with Crippen molar-refractivity contribution in [2.45, 2.75) is 38.6 Å². The first-order chi connectivity index (χ1) is 12.4. The standard InChI is InChI=1S/C19H29N3O3S/c1-26(24,25)22-13-5-6-17(15-22)19(23)20-14-16-7-9-18(10-8-16)21-11-3-2-4-12-21/h7-10,17H,2-6,11-15H2,1H3,(H,20,23)/t17-/m0/s1. The maximum atomic E-state index is 12.4. The summed E-state index contributed by atoms with van der Waals surface area (Å²) in [5.74, 6) is -0.315. The maximum absolute atomic E-state index is 12.4. The number of sulfonamides is 1. The number of hydrogen-bond acceptors (Lipinski definition) is 4. The van der Waals surface area contributed by atoms with E-state index in [9.17, 15) is 13.2 Å². The molecule has 2 saturated heterocycles. The van der Waals surface area contributed by atoms with E-state index in [1.807, 2.05) is 0 Å². The van der Waals surface area contributed by atoms with Crippen molar-refractivity contribution >= 4 is 21.6 Å². The van der Waals surface area contributed by atoms with E-state index in [2.05, 4.69) is 34.5 Å². The Morgan fingerprint density at radius 1 is 1.08 bits per heavy atom. The fraction of sp³-hybridized carbons (Fsp3) is 0.632. The zero-order chi connectivity index (χ0) is 18.6. The number of benzene rings is 1. The van der Waals surface area contributed by atoms with Gasteiger partial charge in [-0.1, -0.05) is 12.1 Å². The lowest BCUT2D eigenvalue weighted by molar-refractivity contribution is -0.126. The highest BCUT2D eigenvalue weighted by Crippen LogP contribution is 2.21. The van der Waals surface area contributed by atoms with Crippen LogP contribution in [-0.2, 0) is 21.4 Å². The molecule has 0 aromatic heterocycles. The van der Waals surface area contributed by atoms with Gasteiger partial charge in [-0.05, 0) is 49.8 Å². The van der Waals surface area contributed by atoms with E-state index in [0.717, 1.165) is 31.5 Å². The predicted molar refractivity (Wildman–Crippen MR) is 103 cm³/mol. The van der Waals surface area contributed by atoms with Crippen LogP contribution in [-0.4, -0.2) is 51.1 Å². The molecule has 0 unspecified atom stereocenters. The van der Waals surface area contributed by atoms with Crippen molar-refractivity contribution in [1.82, 2.24) is 9.62 Å². The number of anilines is 1. The number of carbonyl (C=O) groups excluding carboxylic acids is 1. The minimum atomic E-state index is -3.23. The quantitative estimate of drug-likeness (QED) is 0.849. The lowest BCUT2D eigenvalue weighted by atomic mass is 9.98. The number of carbonyl (C=O) groups is 1. The van der Waals surface area contributed by atoms with Gasteiger partial charge in [0, 0.05) is 38.4 Å². The number of amides is 1. The average molecular weight is 380 g/mol. The van der Waals surface area contributed by atoms with Crippen LogP contribution in [0, 0.1) is 5.92 Å². The number of nitrogens with zero attached hydrogens (tertiary/aromatic N) is 2. The second kappa shape index (κ2) is 8.39. The van der Waals surface area contributed by atoms with Crippen LogP contribution in [0.2, 0.25) is 0 Å². The predicted octanol–water partition coefficient (Wildman–Crippen LogP) is 1.96. The first-order valence-electron chi connectivity index (χ1n) is 9.50. The van der Waals surface area contributed by atoms with Crippen molar-refractivity contribution in [1.29, 1.82) is 0 Å². The van der Waals surface area contributed by atoms with Crippen molar-refractivity contribution in [3.05, 3.63) is 29.8 Å². The second-order valence-electron chi connectivity index (χ2n) is 7.39. The zero-order valence-electron chi connectivity index (χ0n) is 15.5. The van der Waals surface area contributed by atoms with Gasteiger partial charge in [0.1, 0.15) is 0 Å². The summed E-state index contributed by atoms with van der Waals surface area (Å²) in [7, 11) is -3.23. The third-order valence-corrected chi connectivity index (χ3v) is 6.62. The molecule has 144 valence electrons. The minimum Gasteiger partial charge on any atom is -0.372 e. The van der Waals surface area contributed by atoms with Crippen LogP contribution in [0.1, 0.15) is 37.7 Å². The molecule has 6 nitrogen and oxygen atoms in total. The van der Waals surface area contributed by atoms with E-state index in [4.69, 9.17) is 0 Å². The molecule has 0 spiro atoms. The fourth-order valence-electron chi connectivity index (χ4n) is 3.77. The molecule has 7 heteroatoms. The molecule has 0 bridgehead atoms. The summed E-state index contributed by atoms with van der Waals surface area (Å²) in [6.07, 6.45) is 6.50. The average Bonchev–Trinajstić information content (AvgIpc) is 2.66. The second-order valence-corrected chi connectivity index (χ2v) is 9.37. The van der Waals surface area contributed by atoms with E-state index in [1.54, 1.807) is 0 Å². The molecule has 1 aromatic carbocycles. The van der Waals surface area contributed by atoms with Crippen molar-refractivity contribution in [2.24, 2.45) is 5.92 Å². The van der Waals surface area contributed by atoms with Crippen LogP contribution in [0.25, 0.3) is 0 Å². The summed E-state index contributed by atoms with van der Waals surface area (Å²) in [4.78, 5) is 14.8. The molecule has 1 atom stereocenters. The maximum Gasteiger partial charge on any atom is 0.224 e. The highest BCUT2D eigenvalue weighted by atomic mass is 32.2. The SMILES string of the molecule is CS(=O)(=O)N1CCC[C@H](C(=O)NCc2ccc(N3CCCCC3)cc2)C1. The fourth-order valence-corrected chi connectivity index (χ4v) is 4.68. The summed E-state index contributed by atoms with van der Waals surface area (Å²) in [5.41, 5.74) is 2.31. The Balaban J connectivity index is 1.51. The Hall–Kier alpha value is -1.60. The molecule has 0 aliphatic carbocycles. The summed E-state index contributed by atoms with van der Waals surface area (Å²) >= 11 is 0. The van der Waals surface area contributed by atoms with E-state index in [0.29, 0.717) is 19.6 Å². The van der Waals surface area contributed by atoms with Crippen LogP contribution in [0.3, 0.4) is 0 Å². The van der Waals surface area contributed by atoms with E-state index >= 15 is 0 Å². The van der Waals surface area contributed by atoms with Crippen LogP contribution in [0.5, 0.6) is 0 Å². The molecule has 2 aliphatic rings. The molecule has 1 amide bonds. The molecule has 0 saturated carbocycles. The molecule has 0 radical (unpaired) electrons. The van der Waals surface area contributed by atoms with Crippen molar-refractivity contribution in [3.63, 3.8) is 0 Å². The highest BCUT2D eigenvalue weighted by molar-refractivity contribution is 7.88. The Kier molecular flexibility index (Phi) is 6.19. The molecular formula is C19H29N3O3S. The van der Waals surface area contributed by atoms with E-state index in [-0.39, 0.29) is 11.8 Å². The van der Waals surface area contributed by atoms with Gasteiger partial charge in [-0.2, -0.15) is 0 Å². The molecule has 2 aliphatic heterocycles. The smallest absolute Gasteiger partial charge is 0.224 e. The van der Waals surface area contributed by atoms with Crippen LogP contribution in [0.4, 0.5) is 5.69 Å². The third-order valence-electron chi connectivity index (χ3n) is 5.35. The minimum absolute atomic E-state index is 0.0570. The van der Waals surface area contributed by atoms with Crippen molar-refractivity contribution < 1.29 is 13.2 Å². The Morgan fingerprint density at radius 2 is 1.77 bits per heavy atom. The van der Waals surface area contributed by atoms with Crippen LogP contribution < -0.4 is 10.2 Å². The topological polar surface area (TPSA) is 69.7 Å². The summed E-state index contributed by atoms with van der Waals surface area (Å²) in [5, 5.41) is 2.97. The van der Waals surface area contributed by atoms with Gasteiger partial charge in [-0.25, -0.2) is 12.7 Å². The Morgan fingerprint density at radius 3 is 2.42 bits per heavy atom. The van der Waals surface area contributed by atoms with Gasteiger partial charge in [-0.15, -0.1) is 0 Å². The molecular weight excluding hydrogens is 350 g/mol. The van der Waals surface area contributed by atoms with Gasteiger partial charge in [-0.3, -0.25) is 4.79 Å². The lowest BCUT2D eigenvalue weighted by Gasteiger charge is -2.30. The molecule has 2 heterocycles. The molecule has 3 rings (SSSR count). The van der Waals surface area contributed by atoms with Gasteiger partial charge in [0.05, 0.1) is 12.2 Å². The summed E-state index contributed by atoms with van der Waals surface area (Å²) < 4.78 is 24.8. The normalized spacial score (nSPS) is 22.2. The zero-order valence-corrected chi connectivity index (χ0v) is 16.3. The number of rotatable bonds is 5. The lowest BCUT2D eigenvalue weighted by Crippen LogP contribution is -2.44. The largest absolute Gasteiger partial charge is 0.372 e. The first-order valence-corrected chi connectivity index (χ1v) is 11.3. The van der Waals surface area contributed by atoms with Crippen molar-refractivity contribution in [3.8, 4) is 0 Å². The van der Waals surface area contributed by atoms with Gasteiger partial charge in [0.25, 0.3) is 0 Å².